The zero-order valence-corrected chi connectivity index (χ0v) is 16.7. The van der Waals surface area contributed by atoms with Crippen molar-refractivity contribution in [1.29, 1.82) is 0 Å². The summed E-state index contributed by atoms with van der Waals surface area (Å²) in [4.78, 5) is 24.7. The number of fused-ring (bicyclic) bond motifs is 1. The summed E-state index contributed by atoms with van der Waals surface area (Å²) < 4.78 is 10.9. The number of aliphatic imine (C=N–C) groups is 1. The maximum atomic E-state index is 12.0. The minimum absolute atomic E-state index is 0.126. The molecule has 0 bridgehead atoms. The molecule has 1 amide bonds. The quantitative estimate of drug-likeness (QED) is 0.474. The van der Waals surface area contributed by atoms with Crippen molar-refractivity contribution in [2.24, 2.45) is 10.7 Å². The lowest BCUT2D eigenvalue weighted by molar-refractivity contribution is -0.121. The third kappa shape index (κ3) is 5.55. The van der Waals surface area contributed by atoms with Crippen LogP contribution in [0.3, 0.4) is 0 Å². The number of carbonyl (C=O) groups excluding carboxylic acids is 1. The number of carbonyl (C=O) groups is 1. The van der Waals surface area contributed by atoms with Gasteiger partial charge in [0.25, 0.3) is 11.9 Å². The maximum Gasteiger partial charge on any atom is 0.264 e. The number of aromatic nitrogens is 2. The first-order chi connectivity index (χ1) is 13.9. The number of hydrogen-bond acceptors (Lipinski definition) is 6. The Morgan fingerprint density at radius 3 is 2.59 bits per heavy atom. The molecule has 3 rings (SSSR count). The van der Waals surface area contributed by atoms with E-state index in [1.165, 1.54) is 0 Å². The molecule has 8 nitrogen and oxygen atoms in total. The van der Waals surface area contributed by atoms with Gasteiger partial charge in [-0.25, -0.2) is 9.97 Å². The van der Waals surface area contributed by atoms with Crippen LogP contribution >= 0.6 is 11.6 Å². The highest BCUT2D eigenvalue weighted by Crippen LogP contribution is 2.23. The molecular formula is C20H20ClN5O3. The first kappa shape index (κ1) is 20.3. The first-order valence-electron chi connectivity index (χ1n) is 8.88. The molecule has 0 unspecified atom stereocenters. The summed E-state index contributed by atoms with van der Waals surface area (Å²) in [5.74, 6) is 0.824. The van der Waals surface area contributed by atoms with Crippen LogP contribution < -0.4 is 20.5 Å². The SMILES string of the molecule is CCOc1ccc2nc(N=C(N)NC(=O)COc3ccc(Cl)cc3)nc(C)c2c1. The predicted octanol–water partition coefficient (Wildman–Crippen LogP) is 3.13. The van der Waals surface area contributed by atoms with E-state index in [-0.39, 0.29) is 18.5 Å². The largest absolute Gasteiger partial charge is 0.494 e. The minimum Gasteiger partial charge on any atom is -0.494 e. The highest BCUT2D eigenvalue weighted by Gasteiger charge is 2.08. The second kappa shape index (κ2) is 9.20. The lowest BCUT2D eigenvalue weighted by Gasteiger charge is -2.08. The van der Waals surface area contributed by atoms with Crippen LogP contribution in [0.2, 0.25) is 5.02 Å². The van der Waals surface area contributed by atoms with Gasteiger partial charge in [0, 0.05) is 10.4 Å². The number of amides is 1. The van der Waals surface area contributed by atoms with Crippen LogP contribution in [0.25, 0.3) is 10.9 Å². The molecule has 0 saturated carbocycles. The smallest absolute Gasteiger partial charge is 0.264 e. The fourth-order valence-corrected chi connectivity index (χ4v) is 2.67. The molecule has 0 atom stereocenters. The van der Waals surface area contributed by atoms with E-state index in [2.05, 4.69) is 20.3 Å². The second-order valence-corrected chi connectivity index (χ2v) is 6.45. The Bertz CT molecular complexity index is 1050. The summed E-state index contributed by atoms with van der Waals surface area (Å²) >= 11 is 5.80. The predicted molar refractivity (Wildman–Crippen MR) is 112 cm³/mol. The fraction of sp³-hybridized carbons (Fsp3) is 0.200. The third-order valence-corrected chi connectivity index (χ3v) is 4.08. The van der Waals surface area contributed by atoms with Gasteiger partial charge in [-0.2, -0.15) is 4.99 Å². The molecule has 0 aliphatic rings. The van der Waals surface area contributed by atoms with E-state index in [1.807, 2.05) is 32.0 Å². The van der Waals surface area contributed by atoms with Gasteiger partial charge in [0.1, 0.15) is 11.5 Å². The second-order valence-electron chi connectivity index (χ2n) is 6.01. The third-order valence-electron chi connectivity index (χ3n) is 3.83. The van der Waals surface area contributed by atoms with Gasteiger partial charge < -0.3 is 15.2 Å². The molecule has 29 heavy (non-hydrogen) atoms. The normalized spacial score (nSPS) is 11.3. The summed E-state index contributed by atoms with van der Waals surface area (Å²) in [6, 6.07) is 12.2. The highest BCUT2D eigenvalue weighted by atomic mass is 35.5. The molecule has 2 aromatic carbocycles. The van der Waals surface area contributed by atoms with Crippen molar-refractivity contribution in [2.45, 2.75) is 13.8 Å². The van der Waals surface area contributed by atoms with Crippen LogP contribution in [0.4, 0.5) is 5.95 Å². The van der Waals surface area contributed by atoms with Gasteiger partial charge in [-0.05, 0) is 56.3 Å². The number of hydrogen-bond donors (Lipinski definition) is 2. The van der Waals surface area contributed by atoms with Gasteiger partial charge in [0.05, 0.1) is 17.8 Å². The number of nitrogens with one attached hydrogen (secondary N) is 1. The lowest BCUT2D eigenvalue weighted by Crippen LogP contribution is -2.39. The van der Waals surface area contributed by atoms with Crippen molar-refractivity contribution in [2.75, 3.05) is 13.2 Å². The average Bonchev–Trinajstić information content (AvgIpc) is 2.68. The van der Waals surface area contributed by atoms with Crippen molar-refractivity contribution < 1.29 is 14.3 Å². The van der Waals surface area contributed by atoms with E-state index in [4.69, 9.17) is 26.8 Å². The van der Waals surface area contributed by atoms with Crippen molar-refractivity contribution in [3.63, 3.8) is 0 Å². The summed E-state index contributed by atoms with van der Waals surface area (Å²) in [5.41, 5.74) is 7.22. The van der Waals surface area contributed by atoms with E-state index in [1.54, 1.807) is 24.3 Å². The van der Waals surface area contributed by atoms with Crippen molar-refractivity contribution in [1.82, 2.24) is 15.3 Å². The van der Waals surface area contributed by atoms with Crippen LogP contribution in [-0.2, 0) is 4.79 Å². The van der Waals surface area contributed by atoms with Crippen molar-refractivity contribution in [3.8, 4) is 11.5 Å². The lowest BCUT2D eigenvalue weighted by atomic mass is 10.2. The monoisotopic (exact) mass is 413 g/mol. The molecule has 0 spiro atoms. The molecular weight excluding hydrogens is 394 g/mol. The summed E-state index contributed by atoms with van der Waals surface area (Å²) in [6.45, 7) is 4.11. The number of halogens is 1. The molecule has 0 saturated heterocycles. The van der Waals surface area contributed by atoms with Gasteiger partial charge in [0.15, 0.2) is 6.61 Å². The molecule has 0 aliphatic heterocycles. The molecule has 3 aromatic rings. The van der Waals surface area contributed by atoms with Crippen LogP contribution in [0.1, 0.15) is 12.6 Å². The van der Waals surface area contributed by atoms with Crippen LogP contribution in [0, 0.1) is 6.92 Å². The Hall–Kier alpha value is -3.39. The number of ether oxygens (including phenoxy) is 2. The first-order valence-corrected chi connectivity index (χ1v) is 9.26. The standard InChI is InChI=1S/C20H20ClN5O3/c1-3-28-15-8-9-17-16(10-15)12(2)23-20(24-17)26-19(22)25-18(27)11-29-14-6-4-13(21)5-7-14/h4-10H,3,11H2,1-2H3,(H3,22,23,24,25,26,27). The van der Waals surface area contributed by atoms with E-state index >= 15 is 0 Å². The maximum absolute atomic E-state index is 12.0. The molecule has 9 heteroatoms. The summed E-state index contributed by atoms with van der Waals surface area (Å²) in [5, 5.41) is 3.88. The molecule has 0 fully saturated rings. The number of rotatable bonds is 6. The Balaban J connectivity index is 1.66. The van der Waals surface area contributed by atoms with Crippen LogP contribution in [0.5, 0.6) is 11.5 Å². The molecule has 0 radical (unpaired) electrons. The Morgan fingerprint density at radius 1 is 1.14 bits per heavy atom. The van der Waals surface area contributed by atoms with Gasteiger partial charge in [0.2, 0.25) is 5.96 Å². The molecule has 0 aliphatic carbocycles. The van der Waals surface area contributed by atoms with Gasteiger partial charge >= 0.3 is 0 Å². The Labute approximate surface area is 172 Å². The number of aryl methyl sites for hydroxylation is 1. The number of nitrogens with two attached hydrogens (primary N) is 1. The van der Waals surface area contributed by atoms with E-state index in [9.17, 15) is 4.79 Å². The number of guanidine groups is 1. The molecule has 1 heterocycles. The van der Waals surface area contributed by atoms with E-state index < -0.39 is 5.91 Å². The number of benzene rings is 2. The zero-order valence-electron chi connectivity index (χ0n) is 16.0. The Kier molecular flexibility index (Phi) is 6.46. The highest BCUT2D eigenvalue weighted by molar-refractivity contribution is 6.30. The minimum atomic E-state index is -0.458. The van der Waals surface area contributed by atoms with Crippen molar-refractivity contribution >= 4 is 40.3 Å². The zero-order chi connectivity index (χ0) is 20.8. The molecule has 3 N–H and O–H groups in total. The van der Waals surface area contributed by atoms with Gasteiger partial charge in [-0.3, -0.25) is 10.1 Å². The van der Waals surface area contributed by atoms with E-state index in [0.29, 0.717) is 22.9 Å². The fourth-order valence-electron chi connectivity index (χ4n) is 2.55. The van der Waals surface area contributed by atoms with Crippen molar-refractivity contribution in [3.05, 3.63) is 53.2 Å². The topological polar surface area (TPSA) is 112 Å². The van der Waals surface area contributed by atoms with Crippen LogP contribution in [0.15, 0.2) is 47.5 Å². The van der Waals surface area contributed by atoms with Crippen LogP contribution in [-0.4, -0.2) is 35.0 Å². The van der Waals surface area contributed by atoms with Gasteiger partial charge in [-0.15, -0.1) is 0 Å². The van der Waals surface area contributed by atoms with Gasteiger partial charge in [-0.1, -0.05) is 11.6 Å². The Morgan fingerprint density at radius 2 is 1.86 bits per heavy atom. The number of nitrogens with zero attached hydrogens (tertiary/aromatic N) is 3. The summed E-state index contributed by atoms with van der Waals surface area (Å²) in [7, 11) is 0. The van der Waals surface area contributed by atoms with E-state index in [0.717, 1.165) is 16.8 Å². The molecule has 150 valence electrons. The summed E-state index contributed by atoms with van der Waals surface area (Å²) in [6.07, 6.45) is 0. The molecule has 1 aromatic heterocycles. The average molecular weight is 414 g/mol.